The first-order valence-electron chi connectivity index (χ1n) is 4.99. The van der Waals surface area contributed by atoms with E-state index in [1.54, 1.807) is 18.2 Å². The molecule has 0 saturated heterocycles. The number of thiazole rings is 1. The molecule has 96 valence electrons. The van der Waals surface area contributed by atoms with Crippen LogP contribution >= 0.6 is 11.3 Å². The highest BCUT2D eigenvalue weighted by Gasteiger charge is 2.14. The highest BCUT2D eigenvalue weighted by Crippen LogP contribution is 2.12. The van der Waals surface area contributed by atoms with Gasteiger partial charge in [0.15, 0.2) is 5.69 Å². The molecule has 2 aromatic rings. The van der Waals surface area contributed by atoms with E-state index in [1.165, 1.54) is 17.5 Å². The number of aromatic nitrogens is 1. The zero-order chi connectivity index (χ0) is 13.7. The van der Waals surface area contributed by atoms with E-state index in [2.05, 4.69) is 14.4 Å². The summed E-state index contributed by atoms with van der Waals surface area (Å²) in [4.78, 5) is 3.87. The molecule has 0 atom stereocenters. The van der Waals surface area contributed by atoms with Gasteiger partial charge in [-0.05, 0) is 12.1 Å². The Labute approximate surface area is 113 Å². The van der Waals surface area contributed by atoms with E-state index in [0.29, 0.717) is 5.01 Å². The van der Waals surface area contributed by atoms with Crippen molar-refractivity contribution >= 4 is 27.7 Å². The third-order valence-electron chi connectivity index (χ3n) is 1.97. The second-order valence-electron chi connectivity index (χ2n) is 3.26. The molecular formula is C11H7N3O3S2. The summed E-state index contributed by atoms with van der Waals surface area (Å²) in [5, 5.41) is 13.9. The van der Waals surface area contributed by atoms with E-state index in [-0.39, 0.29) is 10.6 Å². The highest BCUT2D eigenvalue weighted by molar-refractivity contribution is 7.86. The Morgan fingerprint density at radius 2 is 2.11 bits per heavy atom. The zero-order valence-corrected chi connectivity index (χ0v) is 11.1. The molecule has 0 aliphatic heterocycles. The van der Waals surface area contributed by atoms with Crippen LogP contribution in [0.5, 0.6) is 0 Å². The number of oxime groups is 1. The topological polar surface area (TPSA) is 92.4 Å². The molecule has 1 aromatic heterocycles. The molecular weight excluding hydrogens is 286 g/mol. The van der Waals surface area contributed by atoms with Gasteiger partial charge in [-0.1, -0.05) is 23.4 Å². The summed E-state index contributed by atoms with van der Waals surface area (Å²) in [7, 11) is -3.92. The van der Waals surface area contributed by atoms with Gasteiger partial charge in [-0.2, -0.15) is 13.7 Å². The van der Waals surface area contributed by atoms with E-state index in [1.807, 2.05) is 6.07 Å². The van der Waals surface area contributed by atoms with Gasteiger partial charge < -0.3 is 0 Å². The molecule has 0 radical (unpaired) electrons. The summed E-state index contributed by atoms with van der Waals surface area (Å²) in [5.41, 5.74) is 0.248. The number of nitrogens with zero attached hydrogens (tertiary/aromatic N) is 3. The molecule has 0 aliphatic rings. The lowest BCUT2D eigenvalue weighted by atomic mass is 10.4. The van der Waals surface area contributed by atoms with E-state index >= 15 is 0 Å². The van der Waals surface area contributed by atoms with Gasteiger partial charge in [-0.3, -0.25) is 4.28 Å². The van der Waals surface area contributed by atoms with Crippen molar-refractivity contribution < 1.29 is 12.7 Å². The quantitative estimate of drug-likeness (QED) is 0.632. The Balaban J connectivity index is 2.08. The zero-order valence-electron chi connectivity index (χ0n) is 9.42. The molecule has 0 aliphatic carbocycles. The monoisotopic (exact) mass is 293 g/mol. The lowest BCUT2D eigenvalue weighted by Crippen LogP contribution is -2.02. The molecule has 0 saturated carbocycles. The lowest BCUT2D eigenvalue weighted by molar-refractivity contribution is 0.341. The lowest BCUT2D eigenvalue weighted by Gasteiger charge is -1.99. The number of benzene rings is 1. The average molecular weight is 293 g/mol. The second kappa shape index (κ2) is 5.60. The van der Waals surface area contributed by atoms with Gasteiger partial charge in [0, 0.05) is 5.38 Å². The third kappa shape index (κ3) is 3.37. The van der Waals surface area contributed by atoms with Crippen molar-refractivity contribution in [3.63, 3.8) is 0 Å². The van der Waals surface area contributed by atoms with Gasteiger partial charge in [0.05, 0.1) is 0 Å². The van der Waals surface area contributed by atoms with E-state index < -0.39 is 10.1 Å². The van der Waals surface area contributed by atoms with Crippen LogP contribution in [0.2, 0.25) is 0 Å². The molecule has 8 heteroatoms. The Morgan fingerprint density at radius 3 is 2.74 bits per heavy atom. The van der Waals surface area contributed by atoms with Gasteiger partial charge in [-0.15, -0.1) is 11.3 Å². The molecule has 1 heterocycles. The fourth-order valence-electron chi connectivity index (χ4n) is 1.15. The van der Waals surface area contributed by atoms with Gasteiger partial charge in [0.25, 0.3) is 0 Å². The maximum Gasteiger partial charge on any atom is 0.358 e. The standard InChI is InChI=1S/C11H7N3O3S2/c12-6-9-8-18-11(14-9)7-13-17-19(15,16)10-4-2-1-3-5-10/h1-5,7-8H/b13-7+. The number of hydrogen-bond donors (Lipinski definition) is 0. The molecule has 19 heavy (non-hydrogen) atoms. The van der Waals surface area contributed by atoms with E-state index in [9.17, 15) is 8.42 Å². The summed E-state index contributed by atoms with van der Waals surface area (Å²) < 4.78 is 27.8. The van der Waals surface area contributed by atoms with E-state index in [4.69, 9.17) is 5.26 Å². The first kappa shape index (κ1) is 13.2. The van der Waals surface area contributed by atoms with Crippen molar-refractivity contribution in [1.82, 2.24) is 4.98 Å². The first-order valence-corrected chi connectivity index (χ1v) is 7.28. The van der Waals surface area contributed by atoms with Gasteiger partial charge >= 0.3 is 10.1 Å². The largest absolute Gasteiger partial charge is 0.358 e. The van der Waals surface area contributed by atoms with Crippen LogP contribution in [0.1, 0.15) is 10.7 Å². The maximum absolute atomic E-state index is 11.7. The molecule has 0 bridgehead atoms. The average Bonchev–Trinajstić information content (AvgIpc) is 2.87. The summed E-state index contributed by atoms with van der Waals surface area (Å²) in [6, 6.07) is 9.53. The molecule has 0 unspecified atom stereocenters. The van der Waals surface area contributed by atoms with Crippen LogP contribution in [0, 0.1) is 11.3 Å². The van der Waals surface area contributed by atoms with Crippen molar-refractivity contribution in [2.75, 3.05) is 0 Å². The minimum Gasteiger partial charge on any atom is -0.265 e. The summed E-state index contributed by atoms with van der Waals surface area (Å²) in [6.45, 7) is 0. The van der Waals surface area contributed by atoms with E-state index in [0.717, 1.165) is 17.6 Å². The van der Waals surface area contributed by atoms with Gasteiger partial charge in [0.1, 0.15) is 22.2 Å². The van der Waals surface area contributed by atoms with Crippen molar-refractivity contribution in [3.8, 4) is 6.07 Å². The Morgan fingerprint density at radius 1 is 1.37 bits per heavy atom. The van der Waals surface area contributed by atoms with Crippen LogP contribution < -0.4 is 0 Å². The van der Waals surface area contributed by atoms with Crippen LogP contribution in [0.25, 0.3) is 0 Å². The molecule has 1 aromatic carbocycles. The number of rotatable bonds is 4. The fraction of sp³-hybridized carbons (Fsp3) is 0. The van der Waals surface area contributed by atoms with Gasteiger partial charge in [0.2, 0.25) is 0 Å². The fourth-order valence-corrected chi connectivity index (χ4v) is 2.48. The van der Waals surface area contributed by atoms with Crippen molar-refractivity contribution in [2.24, 2.45) is 5.16 Å². The highest BCUT2D eigenvalue weighted by atomic mass is 32.2. The summed E-state index contributed by atoms with van der Waals surface area (Å²) >= 11 is 1.16. The Kier molecular flexibility index (Phi) is 3.89. The molecule has 0 N–H and O–H groups in total. The summed E-state index contributed by atoms with van der Waals surface area (Å²) in [6.07, 6.45) is 1.14. The maximum atomic E-state index is 11.7. The summed E-state index contributed by atoms with van der Waals surface area (Å²) in [5.74, 6) is 0. The molecule has 0 spiro atoms. The number of hydrogen-bond acceptors (Lipinski definition) is 7. The normalized spacial score (nSPS) is 11.3. The first-order chi connectivity index (χ1) is 9.12. The number of nitriles is 1. The molecule has 6 nitrogen and oxygen atoms in total. The molecule has 0 fully saturated rings. The predicted molar refractivity (Wildman–Crippen MR) is 69.1 cm³/mol. The Hall–Kier alpha value is -2.24. The molecule has 2 rings (SSSR count). The Bertz CT molecular complexity index is 730. The van der Waals surface area contributed by atoms with Crippen LogP contribution in [-0.4, -0.2) is 19.6 Å². The predicted octanol–water partition coefficient (Wildman–Crippen LogP) is 1.75. The minimum atomic E-state index is -3.92. The molecule has 0 amide bonds. The van der Waals surface area contributed by atoms with Crippen molar-refractivity contribution in [3.05, 3.63) is 46.4 Å². The van der Waals surface area contributed by atoms with Gasteiger partial charge in [-0.25, -0.2) is 4.98 Å². The van der Waals surface area contributed by atoms with Crippen molar-refractivity contribution in [1.29, 1.82) is 5.26 Å². The van der Waals surface area contributed by atoms with Crippen molar-refractivity contribution in [2.45, 2.75) is 4.90 Å². The van der Waals surface area contributed by atoms with Crippen LogP contribution in [0.3, 0.4) is 0 Å². The SMILES string of the molecule is N#Cc1csc(/C=N/OS(=O)(=O)c2ccccc2)n1. The second-order valence-corrected chi connectivity index (χ2v) is 5.68. The van der Waals surface area contributed by atoms with Crippen LogP contribution in [0.4, 0.5) is 0 Å². The van der Waals surface area contributed by atoms with Crippen LogP contribution in [-0.2, 0) is 14.4 Å². The minimum absolute atomic E-state index is 0.0176. The third-order valence-corrected chi connectivity index (χ3v) is 3.88. The smallest absolute Gasteiger partial charge is 0.265 e. The van der Waals surface area contributed by atoms with Crippen LogP contribution in [0.15, 0.2) is 45.8 Å².